The van der Waals surface area contributed by atoms with Crippen LogP contribution in [0.25, 0.3) is 0 Å². The van der Waals surface area contributed by atoms with Crippen molar-refractivity contribution in [1.29, 1.82) is 0 Å². The first-order chi connectivity index (χ1) is 11.7. The number of halogens is 2. The van der Waals surface area contributed by atoms with Crippen molar-refractivity contribution in [2.45, 2.75) is 51.1 Å². The topological polar surface area (TPSA) is 93.5 Å². The Bertz CT molecular complexity index is 659. The SMILES string of the molecule is CCC(C)(C)NC(=O)c1ccc(NC(=O)C2(N)CCOCC2)cc1Cl.Cl. The van der Waals surface area contributed by atoms with Crippen LogP contribution in [0.1, 0.15) is 50.4 Å². The number of hydrogen-bond acceptors (Lipinski definition) is 4. The zero-order chi connectivity index (χ0) is 18.7. The summed E-state index contributed by atoms with van der Waals surface area (Å²) in [5.74, 6) is -0.509. The van der Waals surface area contributed by atoms with E-state index in [2.05, 4.69) is 10.6 Å². The van der Waals surface area contributed by atoms with Gasteiger partial charge in [0.05, 0.1) is 10.6 Å². The first-order valence-electron chi connectivity index (χ1n) is 8.47. The second kappa shape index (κ2) is 9.04. The van der Waals surface area contributed by atoms with Crippen LogP contribution in [0.15, 0.2) is 18.2 Å². The number of ether oxygens (including phenoxy) is 1. The maximum atomic E-state index is 12.4. The summed E-state index contributed by atoms with van der Waals surface area (Å²) in [6.07, 6.45) is 1.74. The van der Waals surface area contributed by atoms with Crippen molar-refractivity contribution in [3.8, 4) is 0 Å². The van der Waals surface area contributed by atoms with Crippen LogP contribution in [0.5, 0.6) is 0 Å². The molecule has 4 N–H and O–H groups in total. The zero-order valence-corrected chi connectivity index (χ0v) is 16.9. The number of benzene rings is 1. The molecule has 0 saturated carbocycles. The lowest BCUT2D eigenvalue weighted by Crippen LogP contribution is -2.54. The minimum Gasteiger partial charge on any atom is -0.381 e. The van der Waals surface area contributed by atoms with Crippen molar-refractivity contribution in [2.75, 3.05) is 18.5 Å². The normalized spacial score (nSPS) is 16.3. The van der Waals surface area contributed by atoms with Gasteiger partial charge in [-0.05, 0) is 51.3 Å². The van der Waals surface area contributed by atoms with Gasteiger partial charge in [-0.3, -0.25) is 9.59 Å². The van der Waals surface area contributed by atoms with Gasteiger partial charge in [0, 0.05) is 24.4 Å². The van der Waals surface area contributed by atoms with Crippen LogP contribution in [-0.4, -0.2) is 36.1 Å². The number of hydrogen-bond donors (Lipinski definition) is 3. The fourth-order valence-corrected chi connectivity index (χ4v) is 2.72. The van der Waals surface area contributed by atoms with Gasteiger partial charge in [0.15, 0.2) is 0 Å². The summed E-state index contributed by atoms with van der Waals surface area (Å²) in [5, 5.41) is 6.00. The van der Waals surface area contributed by atoms with E-state index < -0.39 is 5.54 Å². The van der Waals surface area contributed by atoms with Gasteiger partial charge in [0.1, 0.15) is 5.54 Å². The molecule has 2 rings (SSSR count). The molecule has 0 atom stereocenters. The summed E-state index contributed by atoms with van der Waals surface area (Å²) in [6.45, 7) is 6.83. The molecule has 1 aromatic carbocycles. The summed E-state index contributed by atoms with van der Waals surface area (Å²) in [7, 11) is 0. The van der Waals surface area contributed by atoms with Crippen molar-refractivity contribution >= 4 is 41.5 Å². The minimum absolute atomic E-state index is 0. The molecule has 0 spiro atoms. The van der Waals surface area contributed by atoms with E-state index in [1.165, 1.54) is 0 Å². The number of nitrogens with one attached hydrogen (secondary N) is 2. The maximum absolute atomic E-state index is 12.4. The van der Waals surface area contributed by atoms with Gasteiger partial charge >= 0.3 is 0 Å². The van der Waals surface area contributed by atoms with E-state index in [9.17, 15) is 9.59 Å². The Morgan fingerprint density at radius 3 is 2.46 bits per heavy atom. The van der Waals surface area contributed by atoms with Gasteiger partial charge < -0.3 is 21.1 Å². The third kappa shape index (κ3) is 5.58. The third-order valence-corrected chi connectivity index (χ3v) is 4.96. The third-order valence-electron chi connectivity index (χ3n) is 4.64. The Kier molecular flexibility index (Phi) is 7.89. The predicted molar refractivity (Wildman–Crippen MR) is 106 cm³/mol. The number of carbonyl (C=O) groups excluding carboxylic acids is 2. The molecular formula is C18H27Cl2N3O3. The van der Waals surface area contributed by atoms with Gasteiger partial charge in [-0.15, -0.1) is 12.4 Å². The van der Waals surface area contributed by atoms with E-state index in [0.717, 1.165) is 6.42 Å². The van der Waals surface area contributed by atoms with Crippen molar-refractivity contribution in [1.82, 2.24) is 5.32 Å². The first kappa shape index (κ1) is 22.7. The average molecular weight is 404 g/mol. The van der Waals surface area contributed by atoms with Gasteiger partial charge in [-0.2, -0.15) is 0 Å². The minimum atomic E-state index is -0.939. The molecule has 8 heteroatoms. The van der Waals surface area contributed by atoms with E-state index >= 15 is 0 Å². The Labute approximate surface area is 165 Å². The molecule has 6 nitrogen and oxygen atoms in total. The zero-order valence-electron chi connectivity index (χ0n) is 15.4. The van der Waals surface area contributed by atoms with E-state index in [1.807, 2.05) is 20.8 Å². The fraction of sp³-hybridized carbons (Fsp3) is 0.556. The predicted octanol–water partition coefficient (Wildman–Crippen LogP) is 3.13. The van der Waals surface area contributed by atoms with Gasteiger partial charge in [0.25, 0.3) is 5.91 Å². The maximum Gasteiger partial charge on any atom is 0.253 e. The van der Waals surface area contributed by atoms with E-state index in [0.29, 0.717) is 37.3 Å². The molecule has 1 aromatic rings. The summed E-state index contributed by atoms with van der Waals surface area (Å²) in [5.41, 5.74) is 5.79. The molecule has 146 valence electrons. The van der Waals surface area contributed by atoms with Crippen molar-refractivity contribution in [2.24, 2.45) is 5.73 Å². The van der Waals surface area contributed by atoms with Crippen LogP contribution in [0.2, 0.25) is 5.02 Å². The Hall–Kier alpha value is -1.34. The van der Waals surface area contributed by atoms with Crippen LogP contribution in [-0.2, 0) is 9.53 Å². The highest BCUT2D eigenvalue weighted by molar-refractivity contribution is 6.34. The molecule has 0 aromatic heterocycles. The van der Waals surface area contributed by atoms with Gasteiger partial charge in [0.2, 0.25) is 5.91 Å². The van der Waals surface area contributed by atoms with Gasteiger partial charge in [-0.1, -0.05) is 18.5 Å². The molecule has 2 amide bonds. The Morgan fingerprint density at radius 2 is 1.92 bits per heavy atom. The molecular weight excluding hydrogens is 377 g/mol. The standard InChI is InChI=1S/C18H26ClN3O3.ClH/c1-4-17(2,3)22-15(23)13-6-5-12(11-14(13)19)21-16(24)18(20)7-9-25-10-8-18;/h5-6,11H,4,7-10,20H2,1-3H3,(H,21,24)(H,22,23);1H. The molecule has 0 unspecified atom stereocenters. The molecule has 0 aliphatic carbocycles. The summed E-state index contributed by atoms with van der Waals surface area (Å²) < 4.78 is 5.25. The van der Waals surface area contributed by atoms with E-state index in [1.54, 1.807) is 18.2 Å². The van der Waals surface area contributed by atoms with Crippen molar-refractivity contribution in [3.63, 3.8) is 0 Å². The molecule has 1 heterocycles. The van der Waals surface area contributed by atoms with Crippen LogP contribution in [0.4, 0.5) is 5.69 Å². The lowest BCUT2D eigenvalue weighted by molar-refractivity contribution is -0.124. The van der Waals surface area contributed by atoms with Gasteiger partial charge in [-0.25, -0.2) is 0 Å². The van der Waals surface area contributed by atoms with Crippen molar-refractivity contribution in [3.05, 3.63) is 28.8 Å². The smallest absolute Gasteiger partial charge is 0.253 e. The fourth-order valence-electron chi connectivity index (χ4n) is 2.46. The molecule has 1 aliphatic heterocycles. The Balaban J connectivity index is 0.00000338. The first-order valence-corrected chi connectivity index (χ1v) is 8.85. The summed E-state index contributed by atoms with van der Waals surface area (Å²) in [6, 6.07) is 4.82. The average Bonchev–Trinajstić information content (AvgIpc) is 2.55. The largest absolute Gasteiger partial charge is 0.381 e. The number of anilines is 1. The van der Waals surface area contributed by atoms with Crippen LogP contribution in [0, 0.1) is 0 Å². The highest BCUT2D eigenvalue weighted by Gasteiger charge is 2.36. The number of nitrogens with two attached hydrogens (primary N) is 1. The monoisotopic (exact) mass is 403 g/mol. The van der Waals surface area contributed by atoms with Crippen LogP contribution >= 0.6 is 24.0 Å². The van der Waals surface area contributed by atoms with Crippen molar-refractivity contribution < 1.29 is 14.3 Å². The molecule has 0 bridgehead atoms. The number of amides is 2. The molecule has 1 aliphatic rings. The summed E-state index contributed by atoms with van der Waals surface area (Å²) in [4.78, 5) is 24.8. The Morgan fingerprint density at radius 1 is 1.31 bits per heavy atom. The second-order valence-corrected chi connectivity index (χ2v) is 7.52. The number of rotatable bonds is 5. The summed E-state index contributed by atoms with van der Waals surface area (Å²) >= 11 is 6.24. The van der Waals surface area contributed by atoms with E-state index in [-0.39, 0.29) is 34.8 Å². The highest BCUT2D eigenvalue weighted by Crippen LogP contribution is 2.24. The molecule has 26 heavy (non-hydrogen) atoms. The molecule has 0 radical (unpaired) electrons. The van der Waals surface area contributed by atoms with Crippen LogP contribution < -0.4 is 16.4 Å². The quantitative estimate of drug-likeness (QED) is 0.703. The lowest BCUT2D eigenvalue weighted by atomic mass is 9.90. The molecule has 1 saturated heterocycles. The number of carbonyl (C=O) groups is 2. The molecule has 1 fully saturated rings. The highest BCUT2D eigenvalue weighted by atomic mass is 35.5. The van der Waals surface area contributed by atoms with E-state index in [4.69, 9.17) is 22.1 Å². The van der Waals surface area contributed by atoms with Crippen LogP contribution in [0.3, 0.4) is 0 Å². The lowest BCUT2D eigenvalue weighted by Gasteiger charge is -2.31. The second-order valence-electron chi connectivity index (χ2n) is 7.11.